The number of hydrogen-bond acceptors (Lipinski definition) is 6. The maximum Gasteiger partial charge on any atom is 0.243 e. The molecule has 0 spiro atoms. The number of benzene rings is 1. The fourth-order valence-electron chi connectivity index (χ4n) is 3.85. The van der Waals surface area contributed by atoms with E-state index in [2.05, 4.69) is 12.2 Å². The lowest BCUT2D eigenvalue weighted by Gasteiger charge is -2.30. The number of nitrogens with one attached hydrogen (secondary N) is 1. The highest BCUT2D eigenvalue weighted by molar-refractivity contribution is 7.99. The van der Waals surface area contributed by atoms with Crippen molar-refractivity contribution in [2.75, 3.05) is 30.3 Å². The number of piperidine rings is 1. The average Bonchev–Trinajstić information content (AvgIpc) is 3.25. The zero-order valence-electron chi connectivity index (χ0n) is 18.0. The fraction of sp³-hybridized carbons (Fsp3) is 0.455. The number of thioether (sulfide) groups is 1. The highest BCUT2D eigenvalue weighted by atomic mass is 32.2. The molecule has 1 N–H and O–H groups in total. The Morgan fingerprint density at radius 1 is 1.25 bits per heavy atom. The largest absolute Gasteiger partial charge is 0.467 e. The van der Waals surface area contributed by atoms with Crippen LogP contribution in [0.3, 0.4) is 0 Å². The van der Waals surface area contributed by atoms with Crippen LogP contribution in [-0.2, 0) is 26.2 Å². The van der Waals surface area contributed by atoms with E-state index in [9.17, 15) is 18.0 Å². The third-order valence-corrected chi connectivity index (χ3v) is 8.78. The molecule has 1 saturated heterocycles. The molecule has 172 valence electrons. The van der Waals surface area contributed by atoms with Crippen LogP contribution in [0.25, 0.3) is 0 Å². The van der Waals surface area contributed by atoms with Gasteiger partial charge in [0.1, 0.15) is 12.3 Å². The van der Waals surface area contributed by atoms with Crippen molar-refractivity contribution in [3.05, 3.63) is 42.4 Å². The molecule has 0 unspecified atom stereocenters. The Morgan fingerprint density at radius 3 is 2.75 bits per heavy atom. The fourth-order valence-corrected chi connectivity index (χ4v) is 6.32. The molecule has 0 atom stereocenters. The summed E-state index contributed by atoms with van der Waals surface area (Å²) in [4.78, 5) is 27.7. The lowest BCUT2D eigenvalue weighted by Crippen LogP contribution is -2.41. The van der Waals surface area contributed by atoms with Gasteiger partial charge in [-0.2, -0.15) is 4.31 Å². The van der Waals surface area contributed by atoms with E-state index in [4.69, 9.17) is 4.42 Å². The second kappa shape index (κ2) is 9.68. The zero-order valence-corrected chi connectivity index (χ0v) is 19.6. The Labute approximate surface area is 192 Å². The van der Waals surface area contributed by atoms with E-state index >= 15 is 0 Å². The molecule has 1 fully saturated rings. The van der Waals surface area contributed by atoms with Crippen molar-refractivity contribution in [2.45, 2.75) is 42.5 Å². The summed E-state index contributed by atoms with van der Waals surface area (Å²) >= 11 is 1.49. The lowest BCUT2D eigenvalue weighted by molar-refractivity contribution is -0.123. The minimum atomic E-state index is -3.67. The van der Waals surface area contributed by atoms with Crippen molar-refractivity contribution in [3.63, 3.8) is 0 Å². The van der Waals surface area contributed by atoms with Crippen molar-refractivity contribution in [1.29, 1.82) is 0 Å². The van der Waals surface area contributed by atoms with Crippen molar-refractivity contribution < 1.29 is 22.4 Å². The Kier molecular flexibility index (Phi) is 6.92. The quantitative estimate of drug-likeness (QED) is 0.687. The van der Waals surface area contributed by atoms with Crippen LogP contribution in [0.1, 0.15) is 31.9 Å². The number of hydrogen-bond donors (Lipinski definition) is 1. The Morgan fingerprint density at radius 2 is 2.03 bits per heavy atom. The van der Waals surface area contributed by atoms with E-state index in [-0.39, 0.29) is 36.2 Å². The van der Waals surface area contributed by atoms with Crippen LogP contribution in [0, 0.1) is 5.92 Å². The van der Waals surface area contributed by atoms with E-state index in [0.717, 1.165) is 17.7 Å². The number of amides is 2. The molecule has 10 heteroatoms. The van der Waals surface area contributed by atoms with Gasteiger partial charge in [-0.1, -0.05) is 6.92 Å². The summed E-state index contributed by atoms with van der Waals surface area (Å²) in [6, 6.07) is 8.37. The van der Waals surface area contributed by atoms with Crippen LogP contribution in [0.5, 0.6) is 0 Å². The smallest absolute Gasteiger partial charge is 0.243 e. The van der Waals surface area contributed by atoms with Crippen LogP contribution < -0.4 is 10.2 Å². The minimum Gasteiger partial charge on any atom is -0.467 e. The van der Waals surface area contributed by atoms with Gasteiger partial charge >= 0.3 is 0 Å². The van der Waals surface area contributed by atoms with Crippen LogP contribution in [0.4, 0.5) is 5.69 Å². The Bertz CT molecular complexity index is 1080. The first-order valence-electron chi connectivity index (χ1n) is 10.7. The number of anilines is 1. The van der Waals surface area contributed by atoms with Crippen molar-refractivity contribution in [3.8, 4) is 0 Å². The summed E-state index contributed by atoms with van der Waals surface area (Å²) in [6.45, 7) is 3.15. The van der Waals surface area contributed by atoms with E-state index in [1.165, 1.54) is 27.2 Å². The third kappa shape index (κ3) is 5.02. The SMILES string of the molecule is CC1CCN(S(=O)(=O)c2ccc3c(c2)N(CC(=O)NCc2ccco2)C(=O)CCS3)CC1. The topological polar surface area (TPSA) is 99.9 Å². The molecular weight excluding hydrogens is 450 g/mol. The highest BCUT2D eigenvalue weighted by Gasteiger charge is 2.31. The number of carbonyl (C=O) groups excluding carboxylic acids is 2. The molecule has 4 rings (SSSR count). The summed E-state index contributed by atoms with van der Waals surface area (Å²) in [5.74, 6) is 1.15. The molecule has 32 heavy (non-hydrogen) atoms. The summed E-state index contributed by atoms with van der Waals surface area (Å²) in [5, 5.41) is 2.74. The van der Waals surface area contributed by atoms with Crippen LogP contribution in [-0.4, -0.2) is 49.9 Å². The first-order valence-corrected chi connectivity index (χ1v) is 13.1. The summed E-state index contributed by atoms with van der Waals surface area (Å²) in [5.41, 5.74) is 0.470. The van der Waals surface area contributed by atoms with Crippen molar-refractivity contribution in [1.82, 2.24) is 9.62 Å². The number of nitrogens with zero attached hydrogens (tertiary/aromatic N) is 2. The molecular formula is C22H27N3O5S2. The van der Waals surface area contributed by atoms with E-state index in [0.29, 0.717) is 36.2 Å². The number of sulfonamides is 1. The normalized spacial score (nSPS) is 18.3. The monoisotopic (exact) mass is 477 g/mol. The molecule has 0 radical (unpaired) electrons. The summed E-state index contributed by atoms with van der Waals surface area (Å²) in [6.07, 6.45) is 3.47. The molecule has 0 aliphatic carbocycles. The van der Waals surface area contributed by atoms with Crippen molar-refractivity contribution in [2.24, 2.45) is 5.92 Å². The van der Waals surface area contributed by atoms with E-state index in [1.54, 1.807) is 30.3 Å². The number of rotatable bonds is 6. The van der Waals surface area contributed by atoms with Crippen molar-refractivity contribution >= 4 is 39.3 Å². The molecule has 8 nitrogen and oxygen atoms in total. The number of furan rings is 1. The van der Waals surface area contributed by atoms with Crippen LogP contribution in [0.15, 0.2) is 50.8 Å². The molecule has 2 aliphatic heterocycles. The van der Waals surface area contributed by atoms with Gasteiger partial charge < -0.3 is 14.6 Å². The molecule has 1 aromatic heterocycles. The van der Waals surface area contributed by atoms with Gasteiger partial charge in [0, 0.05) is 30.2 Å². The maximum absolute atomic E-state index is 13.2. The number of fused-ring (bicyclic) bond motifs is 1. The lowest BCUT2D eigenvalue weighted by atomic mass is 10.0. The van der Waals surface area contributed by atoms with Crippen LogP contribution >= 0.6 is 11.8 Å². The highest BCUT2D eigenvalue weighted by Crippen LogP contribution is 2.37. The maximum atomic E-state index is 13.2. The molecule has 2 aliphatic rings. The van der Waals surface area contributed by atoms with Gasteiger partial charge in [0.15, 0.2) is 0 Å². The van der Waals surface area contributed by atoms with Gasteiger partial charge in [-0.25, -0.2) is 8.42 Å². The first kappa shape index (κ1) is 22.9. The zero-order chi connectivity index (χ0) is 22.7. The first-order chi connectivity index (χ1) is 15.3. The molecule has 2 aromatic rings. The van der Waals surface area contributed by atoms with E-state index < -0.39 is 10.0 Å². The van der Waals surface area contributed by atoms with Gasteiger partial charge in [0.05, 0.1) is 23.4 Å². The molecule has 3 heterocycles. The van der Waals surface area contributed by atoms with Gasteiger partial charge in [0.2, 0.25) is 21.8 Å². The van der Waals surface area contributed by atoms with Crippen LogP contribution in [0.2, 0.25) is 0 Å². The Hall–Kier alpha value is -2.30. The predicted molar refractivity (Wildman–Crippen MR) is 122 cm³/mol. The second-order valence-corrected chi connectivity index (χ2v) is 11.2. The van der Waals surface area contributed by atoms with Gasteiger partial charge in [-0.05, 0) is 49.1 Å². The van der Waals surface area contributed by atoms with Gasteiger partial charge in [-0.15, -0.1) is 11.8 Å². The average molecular weight is 478 g/mol. The molecule has 0 saturated carbocycles. The van der Waals surface area contributed by atoms with Gasteiger partial charge in [0.25, 0.3) is 0 Å². The standard InChI is InChI=1S/C22H27N3O5S2/c1-16-6-9-24(10-7-16)32(28,29)18-4-5-20-19(13-18)25(22(27)8-12-31-20)15-21(26)23-14-17-3-2-11-30-17/h2-5,11,13,16H,6-10,12,14-15H2,1H3,(H,23,26). The minimum absolute atomic E-state index is 0.155. The Balaban J connectivity index is 1.57. The van der Waals surface area contributed by atoms with Gasteiger partial charge in [-0.3, -0.25) is 9.59 Å². The summed E-state index contributed by atoms with van der Waals surface area (Å²) in [7, 11) is -3.67. The molecule has 0 bridgehead atoms. The molecule has 1 aromatic carbocycles. The predicted octanol–water partition coefficient (Wildman–Crippen LogP) is 2.85. The second-order valence-electron chi connectivity index (χ2n) is 8.15. The molecule has 2 amide bonds. The van der Waals surface area contributed by atoms with E-state index in [1.807, 2.05) is 0 Å². The third-order valence-electron chi connectivity index (χ3n) is 5.82. The summed E-state index contributed by atoms with van der Waals surface area (Å²) < 4.78 is 33.2. The number of carbonyl (C=O) groups is 2.